The van der Waals surface area contributed by atoms with Gasteiger partial charge in [0.25, 0.3) is 0 Å². The average molecular weight is 169 g/mol. The molecular formula is C10H19NO. The Morgan fingerprint density at radius 3 is 2.42 bits per heavy atom. The molecule has 0 bridgehead atoms. The van der Waals surface area contributed by atoms with Crippen molar-refractivity contribution in [3.05, 3.63) is 0 Å². The highest BCUT2D eigenvalue weighted by Gasteiger charge is 2.15. The molecular weight excluding hydrogens is 150 g/mol. The van der Waals surface area contributed by atoms with Gasteiger partial charge in [-0.3, -0.25) is 9.69 Å². The molecule has 0 unspecified atom stereocenters. The zero-order valence-corrected chi connectivity index (χ0v) is 8.18. The van der Waals surface area contributed by atoms with Gasteiger partial charge in [0.15, 0.2) is 0 Å². The van der Waals surface area contributed by atoms with Crippen LogP contribution in [0.25, 0.3) is 0 Å². The lowest BCUT2D eigenvalue weighted by Gasteiger charge is -2.13. The van der Waals surface area contributed by atoms with Gasteiger partial charge in [0.2, 0.25) is 0 Å². The fourth-order valence-electron chi connectivity index (χ4n) is 1.71. The zero-order chi connectivity index (χ0) is 8.97. The summed E-state index contributed by atoms with van der Waals surface area (Å²) < 4.78 is 0. The van der Waals surface area contributed by atoms with E-state index in [0.29, 0.717) is 18.2 Å². The third-order valence-electron chi connectivity index (χ3n) is 2.23. The van der Waals surface area contributed by atoms with Gasteiger partial charge >= 0.3 is 0 Å². The summed E-state index contributed by atoms with van der Waals surface area (Å²) >= 11 is 0. The number of hydrogen-bond acceptors (Lipinski definition) is 2. The van der Waals surface area contributed by atoms with Crippen molar-refractivity contribution < 1.29 is 4.79 Å². The Balaban J connectivity index is 2.16. The van der Waals surface area contributed by atoms with Gasteiger partial charge in [0.1, 0.15) is 5.78 Å². The van der Waals surface area contributed by atoms with E-state index >= 15 is 0 Å². The molecule has 0 aromatic carbocycles. The maximum Gasteiger partial charge on any atom is 0.147 e. The smallest absolute Gasteiger partial charge is 0.147 e. The highest BCUT2D eigenvalue weighted by molar-refractivity contribution is 5.80. The zero-order valence-electron chi connectivity index (χ0n) is 8.18. The van der Waals surface area contributed by atoms with Gasteiger partial charge in [0.05, 0.1) is 6.54 Å². The van der Waals surface area contributed by atoms with Crippen molar-refractivity contribution >= 4 is 5.78 Å². The average Bonchev–Trinajstić information content (AvgIpc) is 2.37. The maximum absolute atomic E-state index is 11.4. The highest BCUT2D eigenvalue weighted by Crippen LogP contribution is 2.08. The van der Waals surface area contributed by atoms with Gasteiger partial charge in [-0.15, -0.1) is 0 Å². The van der Waals surface area contributed by atoms with Gasteiger partial charge in [-0.2, -0.15) is 0 Å². The predicted molar refractivity (Wildman–Crippen MR) is 50.1 cm³/mol. The minimum atomic E-state index is 0.409. The van der Waals surface area contributed by atoms with Crippen LogP contribution in [0.15, 0.2) is 0 Å². The molecule has 1 rings (SSSR count). The molecule has 1 aliphatic heterocycles. The van der Waals surface area contributed by atoms with Crippen LogP contribution in [0.3, 0.4) is 0 Å². The largest absolute Gasteiger partial charge is 0.298 e. The summed E-state index contributed by atoms with van der Waals surface area (Å²) in [6.45, 7) is 7.15. The number of nitrogens with zero attached hydrogens (tertiary/aromatic N) is 1. The minimum Gasteiger partial charge on any atom is -0.298 e. The quantitative estimate of drug-likeness (QED) is 0.638. The van der Waals surface area contributed by atoms with E-state index in [2.05, 4.69) is 18.7 Å². The normalized spacial score (nSPS) is 18.9. The molecule has 2 nitrogen and oxygen atoms in total. The number of likely N-dealkylation sites (tertiary alicyclic amines) is 1. The Kier molecular flexibility index (Phi) is 3.73. The van der Waals surface area contributed by atoms with Crippen molar-refractivity contribution in [2.75, 3.05) is 19.6 Å². The van der Waals surface area contributed by atoms with Crippen LogP contribution < -0.4 is 0 Å². The second-order valence-electron chi connectivity index (χ2n) is 4.12. The second-order valence-corrected chi connectivity index (χ2v) is 4.12. The Hall–Kier alpha value is -0.370. The minimum absolute atomic E-state index is 0.409. The van der Waals surface area contributed by atoms with E-state index in [1.165, 1.54) is 12.8 Å². The van der Waals surface area contributed by atoms with Crippen LogP contribution in [0, 0.1) is 5.92 Å². The van der Waals surface area contributed by atoms with Crippen molar-refractivity contribution in [3.63, 3.8) is 0 Å². The summed E-state index contributed by atoms with van der Waals surface area (Å²) in [5.41, 5.74) is 0. The summed E-state index contributed by atoms with van der Waals surface area (Å²) in [5, 5.41) is 0. The molecule has 1 saturated heterocycles. The van der Waals surface area contributed by atoms with E-state index in [0.717, 1.165) is 19.5 Å². The first-order chi connectivity index (χ1) is 5.68. The molecule has 70 valence electrons. The predicted octanol–water partition coefficient (Wildman–Crippen LogP) is 1.70. The first kappa shape index (κ1) is 9.72. The standard InChI is InChI=1S/C10H19NO/c1-9(2)7-10(12)8-11-5-3-4-6-11/h9H,3-8H2,1-2H3. The summed E-state index contributed by atoms with van der Waals surface area (Å²) in [4.78, 5) is 13.6. The third kappa shape index (κ3) is 3.35. The number of carbonyl (C=O) groups excluding carboxylic acids is 1. The lowest BCUT2D eigenvalue weighted by atomic mass is 10.1. The van der Waals surface area contributed by atoms with Crippen LogP contribution in [-0.4, -0.2) is 30.3 Å². The number of hydrogen-bond donors (Lipinski definition) is 0. The van der Waals surface area contributed by atoms with Crippen molar-refractivity contribution in [3.8, 4) is 0 Å². The molecule has 0 aliphatic carbocycles. The van der Waals surface area contributed by atoms with E-state index in [-0.39, 0.29) is 0 Å². The number of rotatable bonds is 4. The molecule has 0 aromatic heterocycles. The molecule has 0 spiro atoms. The van der Waals surface area contributed by atoms with E-state index in [1.54, 1.807) is 0 Å². The van der Waals surface area contributed by atoms with Crippen molar-refractivity contribution in [2.24, 2.45) is 5.92 Å². The Morgan fingerprint density at radius 1 is 1.33 bits per heavy atom. The monoisotopic (exact) mass is 169 g/mol. The van der Waals surface area contributed by atoms with E-state index in [1.807, 2.05) is 0 Å². The second kappa shape index (κ2) is 4.61. The fraction of sp³-hybridized carbons (Fsp3) is 0.900. The molecule has 1 aliphatic rings. The Labute approximate surface area is 74.9 Å². The van der Waals surface area contributed by atoms with E-state index < -0.39 is 0 Å². The van der Waals surface area contributed by atoms with Crippen LogP contribution in [-0.2, 0) is 4.79 Å². The molecule has 0 amide bonds. The summed E-state index contributed by atoms with van der Waals surface area (Å²) in [5.74, 6) is 0.923. The van der Waals surface area contributed by atoms with Gasteiger partial charge in [-0.1, -0.05) is 13.8 Å². The van der Waals surface area contributed by atoms with Crippen LogP contribution >= 0.6 is 0 Å². The Morgan fingerprint density at radius 2 is 1.92 bits per heavy atom. The molecule has 0 atom stereocenters. The van der Waals surface area contributed by atoms with E-state index in [4.69, 9.17) is 0 Å². The number of ketones is 1. The topological polar surface area (TPSA) is 20.3 Å². The lowest BCUT2D eigenvalue weighted by molar-refractivity contribution is -0.120. The highest BCUT2D eigenvalue weighted by atomic mass is 16.1. The SMILES string of the molecule is CC(C)CC(=O)CN1CCCC1. The van der Waals surface area contributed by atoms with Gasteiger partial charge < -0.3 is 0 Å². The maximum atomic E-state index is 11.4. The summed E-state index contributed by atoms with van der Waals surface area (Å²) in [6, 6.07) is 0. The molecule has 1 heterocycles. The molecule has 0 N–H and O–H groups in total. The molecule has 0 saturated carbocycles. The van der Waals surface area contributed by atoms with Gasteiger partial charge in [-0.25, -0.2) is 0 Å². The lowest BCUT2D eigenvalue weighted by Crippen LogP contribution is -2.27. The number of carbonyl (C=O) groups is 1. The van der Waals surface area contributed by atoms with Crippen molar-refractivity contribution in [1.29, 1.82) is 0 Å². The molecule has 2 heteroatoms. The van der Waals surface area contributed by atoms with Crippen LogP contribution in [0.2, 0.25) is 0 Å². The van der Waals surface area contributed by atoms with Crippen LogP contribution in [0.5, 0.6) is 0 Å². The van der Waals surface area contributed by atoms with Gasteiger partial charge in [-0.05, 0) is 31.8 Å². The molecule has 12 heavy (non-hydrogen) atoms. The van der Waals surface area contributed by atoms with E-state index in [9.17, 15) is 4.79 Å². The van der Waals surface area contributed by atoms with Crippen molar-refractivity contribution in [1.82, 2.24) is 4.90 Å². The first-order valence-electron chi connectivity index (χ1n) is 4.92. The number of Topliss-reactive ketones (excluding diaryl/α,β-unsaturated/α-hetero) is 1. The fourth-order valence-corrected chi connectivity index (χ4v) is 1.71. The van der Waals surface area contributed by atoms with Crippen LogP contribution in [0.1, 0.15) is 33.1 Å². The van der Waals surface area contributed by atoms with Gasteiger partial charge in [0, 0.05) is 6.42 Å². The van der Waals surface area contributed by atoms with Crippen LogP contribution in [0.4, 0.5) is 0 Å². The third-order valence-corrected chi connectivity index (χ3v) is 2.23. The first-order valence-corrected chi connectivity index (χ1v) is 4.92. The Bertz CT molecular complexity index is 148. The molecule has 0 aromatic rings. The summed E-state index contributed by atoms with van der Waals surface area (Å²) in [7, 11) is 0. The summed E-state index contributed by atoms with van der Waals surface area (Å²) in [6.07, 6.45) is 3.29. The molecule has 1 fully saturated rings. The van der Waals surface area contributed by atoms with Crippen molar-refractivity contribution in [2.45, 2.75) is 33.1 Å². The molecule has 0 radical (unpaired) electrons.